The molecule has 0 amide bonds. The average molecular weight is 292 g/mol. The van der Waals surface area contributed by atoms with Crippen molar-refractivity contribution in [2.75, 3.05) is 0 Å². The van der Waals surface area contributed by atoms with E-state index in [0.29, 0.717) is 11.1 Å². The zero-order valence-corrected chi connectivity index (χ0v) is 10.4. The molecule has 0 saturated carbocycles. The summed E-state index contributed by atoms with van der Waals surface area (Å²) in [6, 6.07) is 6.15. The smallest absolute Gasteiger partial charge is 0.302 e. The molecule has 0 spiro atoms. The van der Waals surface area contributed by atoms with Gasteiger partial charge in [-0.2, -0.15) is 13.2 Å². The van der Waals surface area contributed by atoms with Crippen LogP contribution in [0.3, 0.4) is 0 Å². The number of rotatable bonds is 2. The Morgan fingerprint density at radius 1 is 1.11 bits per heavy atom. The molecule has 0 fully saturated rings. The Kier molecular flexibility index (Phi) is 3.56. The number of alkyl halides is 3. The molecule has 1 unspecified atom stereocenters. The van der Waals surface area contributed by atoms with Crippen LogP contribution in [0.15, 0.2) is 39.9 Å². The molecule has 18 heavy (non-hydrogen) atoms. The van der Waals surface area contributed by atoms with Crippen LogP contribution in [-0.2, 0) is 17.3 Å². The van der Waals surface area contributed by atoms with Crippen LogP contribution in [-0.4, -0.2) is 8.76 Å². The van der Waals surface area contributed by atoms with Crippen LogP contribution in [0.1, 0.15) is 5.56 Å². The standard InChI is InChI=1S/C11H7F3O2S2/c12-11(13,14)9-3-1-7(2-4-9)8-5-10(17-6-8)18(15)16/h1-6H,(H,15,16). The highest BCUT2D eigenvalue weighted by molar-refractivity contribution is 7.81. The van der Waals surface area contributed by atoms with Gasteiger partial charge < -0.3 is 4.55 Å². The highest BCUT2D eigenvalue weighted by Gasteiger charge is 2.29. The minimum Gasteiger partial charge on any atom is -0.302 e. The molecule has 1 aromatic carbocycles. The van der Waals surface area contributed by atoms with E-state index in [2.05, 4.69) is 0 Å². The average Bonchev–Trinajstić information content (AvgIpc) is 2.77. The maximum absolute atomic E-state index is 12.4. The molecule has 1 heterocycles. The minimum absolute atomic E-state index is 0.268. The fraction of sp³-hybridized carbons (Fsp3) is 0.0909. The summed E-state index contributed by atoms with van der Waals surface area (Å²) in [5, 5.41) is 1.63. The summed E-state index contributed by atoms with van der Waals surface area (Å²) in [6.45, 7) is 0. The maximum Gasteiger partial charge on any atom is 0.416 e. The van der Waals surface area contributed by atoms with Crippen LogP contribution in [0.4, 0.5) is 13.2 Å². The van der Waals surface area contributed by atoms with Gasteiger partial charge in [0.05, 0.1) is 5.56 Å². The maximum atomic E-state index is 12.4. The van der Waals surface area contributed by atoms with Crippen LogP contribution < -0.4 is 0 Å². The van der Waals surface area contributed by atoms with E-state index in [1.165, 1.54) is 18.2 Å². The van der Waals surface area contributed by atoms with Crippen LogP contribution in [0.5, 0.6) is 0 Å². The van der Waals surface area contributed by atoms with E-state index in [0.717, 1.165) is 23.5 Å². The van der Waals surface area contributed by atoms with Crippen LogP contribution in [0.25, 0.3) is 11.1 Å². The summed E-state index contributed by atoms with van der Waals surface area (Å²) in [6.07, 6.45) is -4.36. The SMILES string of the molecule is O=S(O)c1cc(-c2ccc(C(F)(F)F)cc2)cs1. The minimum atomic E-state index is -4.36. The third kappa shape index (κ3) is 2.80. The first-order chi connectivity index (χ1) is 8.38. The zero-order chi connectivity index (χ0) is 13.3. The predicted octanol–water partition coefficient (Wildman–Crippen LogP) is 4.01. The molecule has 0 aliphatic heterocycles. The predicted molar refractivity (Wildman–Crippen MR) is 63.8 cm³/mol. The second kappa shape index (κ2) is 4.83. The van der Waals surface area contributed by atoms with Gasteiger partial charge in [-0.15, -0.1) is 11.3 Å². The third-order valence-corrected chi connectivity index (χ3v) is 4.19. The Labute approximate surface area is 107 Å². The first-order valence-corrected chi connectivity index (χ1v) is 6.73. The highest BCUT2D eigenvalue weighted by Crippen LogP contribution is 2.32. The molecule has 2 aromatic rings. The summed E-state index contributed by atoms with van der Waals surface area (Å²) >= 11 is -0.972. The van der Waals surface area contributed by atoms with E-state index in [4.69, 9.17) is 4.55 Å². The van der Waals surface area contributed by atoms with Gasteiger partial charge in [-0.25, -0.2) is 4.21 Å². The fourth-order valence-electron chi connectivity index (χ4n) is 1.41. The van der Waals surface area contributed by atoms with Gasteiger partial charge in [0.1, 0.15) is 4.21 Å². The number of halogens is 3. The van der Waals surface area contributed by atoms with E-state index in [1.54, 1.807) is 5.38 Å². The van der Waals surface area contributed by atoms with Crippen LogP contribution >= 0.6 is 11.3 Å². The third-order valence-electron chi connectivity index (χ3n) is 2.29. The Balaban J connectivity index is 2.31. The Hall–Kier alpha value is -1.18. The highest BCUT2D eigenvalue weighted by atomic mass is 32.2. The number of hydrogen-bond donors (Lipinski definition) is 1. The lowest BCUT2D eigenvalue weighted by Gasteiger charge is -2.06. The second-order valence-electron chi connectivity index (χ2n) is 3.48. The molecular formula is C11H7F3O2S2. The lowest BCUT2D eigenvalue weighted by atomic mass is 10.1. The molecular weight excluding hydrogens is 285 g/mol. The van der Waals surface area contributed by atoms with E-state index in [9.17, 15) is 17.4 Å². The summed E-state index contributed by atoms with van der Waals surface area (Å²) in [7, 11) is 0. The zero-order valence-electron chi connectivity index (χ0n) is 8.77. The first kappa shape index (κ1) is 13.3. The van der Waals surface area contributed by atoms with E-state index >= 15 is 0 Å². The molecule has 0 bridgehead atoms. The molecule has 1 atom stereocenters. The van der Waals surface area contributed by atoms with Crippen LogP contribution in [0, 0.1) is 0 Å². The van der Waals surface area contributed by atoms with Gasteiger partial charge in [-0.3, -0.25) is 0 Å². The van der Waals surface area contributed by atoms with Gasteiger partial charge in [0.2, 0.25) is 0 Å². The number of hydrogen-bond acceptors (Lipinski definition) is 2. The van der Waals surface area contributed by atoms with E-state index < -0.39 is 22.8 Å². The van der Waals surface area contributed by atoms with Gasteiger partial charge >= 0.3 is 6.18 Å². The second-order valence-corrected chi connectivity index (χ2v) is 5.59. The molecule has 0 radical (unpaired) electrons. The monoisotopic (exact) mass is 292 g/mol. The van der Waals surface area contributed by atoms with Crippen molar-refractivity contribution in [3.63, 3.8) is 0 Å². The quantitative estimate of drug-likeness (QED) is 0.849. The Morgan fingerprint density at radius 3 is 2.17 bits per heavy atom. The van der Waals surface area contributed by atoms with Crippen molar-refractivity contribution in [3.05, 3.63) is 41.3 Å². The fourth-order valence-corrected chi connectivity index (χ4v) is 2.75. The van der Waals surface area contributed by atoms with Gasteiger partial charge in [-0.1, -0.05) is 12.1 Å². The molecule has 2 nitrogen and oxygen atoms in total. The Morgan fingerprint density at radius 2 is 1.72 bits per heavy atom. The van der Waals surface area contributed by atoms with Crippen molar-refractivity contribution < 1.29 is 21.9 Å². The van der Waals surface area contributed by atoms with Crippen molar-refractivity contribution in [2.45, 2.75) is 10.4 Å². The molecule has 1 aromatic heterocycles. The summed E-state index contributed by atoms with van der Waals surface area (Å²) in [5.74, 6) is 0. The van der Waals surface area contributed by atoms with Gasteiger partial charge in [0.25, 0.3) is 0 Å². The Bertz CT molecular complexity index is 573. The van der Waals surface area contributed by atoms with Crippen LogP contribution in [0.2, 0.25) is 0 Å². The summed E-state index contributed by atoms with van der Waals surface area (Å²) in [5.41, 5.74) is 0.495. The topological polar surface area (TPSA) is 37.3 Å². The number of thiophene rings is 1. The molecule has 7 heteroatoms. The molecule has 0 aliphatic carbocycles. The summed E-state index contributed by atoms with van der Waals surface area (Å²) in [4.78, 5) is 0. The van der Waals surface area contributed by atoms with E-state index in [-0.39, 0.29) is 4.21 Å². The first-order valence-electron chi connectivity index (χ1n) is 4.75. The van der Waals surface area contributed by atoms with Gasteiger partial charge in [0.15, 0.2) is 11.1 Å². The lowest BCUT2D eigenvalue weighted by Crippen LogP contribution is -2.03. The molecule has 0 aliphatic rings. The van der Waals surface area contributed by atoms with Gasteiger partial charge in [-0.05, 0) is 34.7 Å². The van der Waals surface area contributed by atoms with Crippen molar-refractivity contribution >= 4 is 22.4 Å². The number of benzene rings is 1. The largest absolute Gasteiger partial charge is 0.416 e. The van der Waals surface area contributed by atoms with E-state index in [1.807, 2.05) is 0 Å². The van der Waals surface area contributed by atoms with Crippen molar-refractivity contribution in [2.24, 2.45) is 0 Å². The normalized spacial score (nSPS) is 13.6. The molecule has 0 saturated heterocycles. The van der Waals surface area contributed by atoms with Crippen molar-refractivity contribution in [3.8, 4) is 11.1 Å². The van der Waals surface area contributed by atoms with Gasteiger partial charge in [0, 0.05) is 0 Å². The summed E-state index contributed by atoms with van der Waals surface area (Å²) < 4.78 is 57.0. The molecule has 96 valence electrons. The molecule has 1 N–H and O–H groups in total. The molecule has 2 rings (SSSR count). The van der Waals surface area contributed by atoms with Crippen molar-refractivity contribution in [1.82, 2.24) is 0 Å². The van der Waals surface area contributed by atoms with Crippen molar-refractivity contribution in [1.29, 1.82) is 0 Å². The lowest BCUT2D eigenvalue weighted by molar-refractivity contribution is -0.137.